The van der Waals surface area contributed by atoms with Crippen LogP contribution in [-0.4, -0.2) is 66.0 Å². The van der Waals surface area contributed by atoms with Gasteiger partial charge in [0.2, 0.25) is 5.91 Å². The smallest absolute Gasteiger partial charge is 0.239 e. The molecular weight excluding hydrogens is 360 g/mol. The number of carbonyl (C=O) groups excluding carboxylic acids is 1. The van der Waals surface area contributed by atoms with Crippen LogP contribution < -0.4 is 4.90 Å². The van der Waals surface area contributed by atoms with E-state index in [4.69, 9.17) is 0 Å². The second-order valence-electron chi connectivity index (χ2n) is 8.35. The summed E-state index contributed by atoms with van der Waals surface area (Å²) < 4.78 is 0. The van der Waals surface area contributed by atoms with E-state index in [9.17, 15) is 4.79 Å². The number of piperazine rings is 1. The summed E-state index contributed by atoms with van der Waals surface area (Å²) in [5.41, 5.74) is 1.41. The van der Waals surface area contributed by atoms with Gasteiger partial charge in [0.1, 0.15) is 5.82 Å². The summed E-state index contributed by atoms with van der Waals surface area (Å²) in [6.07, 6.45) is 5.20. The third-order valence-electron chi connectivity index (χ3n) is 6.49. The van der Waals surface area contributed by atoms with Crippen LogP contribution in [0.2, 0.25) is 0 Å². The second kappa shape index (κ2) is 9.40. The zero-order valence-electron chi connectivity index (χ0n) is 17.4. The molecule has 1 aromatic heterocycles. The van der Waals surface area contributed by atoms with Crippen molar-refractivity contribution < 1.29 is 4.79 Å². The molecule has 2 aliphatic rings. The largest absolute Gasteiger partial charge is 0.354 e. The number of carbonyl (C=O) groups is 1. The van der Waals surface area contributed by atoms with E-state index in [0.717, 1.165) is 64.3 Å². The molecule has 1 unspecified atom stereocenters. The molecule has 1 aromatic carbocycles. The third kappa shape index (κ3) is 4.96. The maximum atomic E-state index is 13.1. The van der Waals surface area contributed by atoms with E-state index < -0.39 is 0 Å². The molecule has 0 bridgehead atoms. The van der Waals surface area contributed by atoms with E-state index in [-0.39, 0.29) is 6.04 Å². The second-order valence-corrected chi connectivity index (χ2v) is 8.35. The highest BCUT2D eigenvalue weighted by atomic mass is 16.2. The Balaban J connectivity index is 1.24. The zero-order chi connectivity index (χ0) is 20.1. The number of benzene rings is 1. The molecule has 0 radical (unpaired) electrons. The van der Waals surface area contributed by atoms with Crippen LogP contribution >= 0.6 is 0 Å². The lowest BCUT2D eigenvalue weighted by Gasteiger charge is -2.40. The van der Waals surface area contributed by atoms with Gasteiger partial charge < -0.3 is 9.80 Å². The molecule has 154 valence electrons. The Hall–Kier alpha value is -2.40. The number of piperidine rings is 1. The molecule has 5 nitrogen and oxygen atoms in total. The number of hydrogen-bond donors (Lipinski definition) is 0. The maximum Gasteiger partial charge on any atom is 0.239 e. The van der Waals surface area contributed by atoms with Crippen molar-refractivity contribution in [1.29, 1.82) is 0 Å². The summed E-state index contributed by atoms with van der Waals surface area (Å²) >= 11 is 0. The molecule has 29 heavy (non-hydrogen) atoms. The number of nitrogens with zero attached hydrogens (tertiary/aromatic N) is 4. The van der Waals surface area contributed by atoms with Crippen LogP contribution in [0.4, 0.5) is 5.82 Å². The summed E-state index contributed by atoms with van der Waals surface area (Å²) in [4.78, 5) is 24.3. The summed E-state index contributed by atoms with van der Waals surface area (Å²) in [7, 11) is 0. The maximum absolute atomic E-state index is 13.1. The van der Waals surface area contributed by atoms with Gasteiger partial charge >= 0.3 is 0 Å². The lowest BCUT2D eigenvalue weighted by atomic mass is 9.90. The average molecular weight is 393 g/mol. The number of rotatable bonds is 5. The number of hydrogen-bond acceptors (Lipinski definition) is 4. The van der Waals surface area contributed by atoms with Gasteiger partial charge in [-0.1, -0.05) is 36.4 Å². The van der Waals surface area contributed by atoms with E-state index >= 15 is 0 Å². The SMILES string of the molecule is CC(C(=O)N1CCC(Cc2ccccc2)CC1)N1CCN(c2ccccn2)CC1. The van der Waals surface area contributed by atoms with Crippen LogP contribution in [0, 0.1) is 5.92 Å². The Morgan fingerprint density at radius 1 is 0.966 bits per heavy atom. The predicted molar refractivity (Wildman–Crippen MR) is 117 cm³/mol. The van der Waals surface area contributed by atoms with Crippen molar-refractivity contribution in [3.63, 3.8) is 0 Å². The lowest BCUT2D eigenvalue weighted by Crippen LogP contribution is -2.55. The highest BCUT2D eigenvalue weighted by Gasteiger charge is 2.31. The van der Waals surface area contributed by atoms with Crippen molar-refractivity contribution >= 4 is 11.7 Å². The van der Waals surface area contributed by atoms with Gasteiger partial charge in [-0.3, -0.25) is 9.69 Å². The molecular formula is C24H32N4O. The summed E-state index contributed by atoms with van der Waals surface area (Å²) in [5, 5.41) is 0. The zero-order valence-corrected chi connectivity index (χ0v) is 17.4. The average Bonchev–Trinajstić information content (AvgIpc) is 2.80. The van der Waals surface area contributed by atoms with Gasteiger partial charge in [0.25, 0.3) is 0 Å². The van der Waals surface area contributed by atoms with Crippen LogP contribution in [0.3, 0.4) is 0 Å². The predicted octanol–water partition coefficient (Wildman–Crippen LogP) is 3.07. The minimum Gasteiger partial charge on any atom is -0.354 e. The van der Waals surface area contributed by atoms with Crippen molar-refractivity contribution in [1.82, 2.24) is 14.8 Å². The Labute approximate surface area is 174 Å². The van der Waals surface area contributed by atoms with Gasteiger partial charge in [-0.25, -0.2) is 4.98 Å². The minimum atomic E-state index is -0.0356. The van der Waals surface area contributed by atoms with Gasteiger partial charge in [0.05, 0.1) is 6.04 Å². The van der Waals surface area contributed by atoms with Crippen LogP contribution in [0.5, 0.6) is 0 Å². The number of aromatic nitrogens is 1. The first-order valence-electron chi connectivity index (χ1n) is 10.9. The molecule has 0 saturated carbocycles. The Morgan fingerprint density at radius 3 is 2.31 bits per heavy atom. The normalized spacial score (nSPS) is 19.9. The Morgan fingerprint density at radius 2 is 1.66 bits per heavy atom. The van der Waals surface area contributed by atoms with Gasteiger partial charge in [0, 0.05) is 45.5 Å². The quantitative estimate of drug-likeness (QED) is 0.784. The molecule has 3 heterocycles. The van der Waals surface area contributed by atoms with E-state index in [1.54, 1.807) is 0 Å². The van der Waals surface area contributed by atoms with Crippen molar-refractivity contribution in [3.05, 3.63) is 60.3 Å². The Kier molecular flexibility index (Phi) is 6.45. The monoisotopic (exact) mass is 392 g/mol. The fourth-order valence-corrected chi connectivity index (χ4v) is 4.60. The minimum absolute atomic E-state index is 0.0356. The van der Waals surface area contributed by atoms with Crippen LogP contribution in [0.15, 0.2) is 54.7 Å². The molecule has 1 atom stereocenters. The molecule has 2 fully saturated rings. The first-order valence-corrected chi connectivity index (χ1v) is 10.9. The van der Waals surface area contributed by atoms with Crippen molar-refractivity contribution in [3.8, 4) is 0 Å². The number of amides is 1. The third-order valence-corrected chi connectivity index (χ3v) is 6.49. The van der Waals surface area contributed by atoms with E-state index in [1.165, 1.54) is 5.56 Å². The topological polar surface area (TPSA) is 39.7 Å². The van der Waals surface area contributed by atoms with Gasteiger partial charge in [-0.2, -0.15) is 0 Å². The molecule has 2 aliphatic heterocycles. The number of likely N-dealkylation sites (tertiary alicyclic amines) is 1. The lowest BCUT2D eigenvalue weighted by molar-refractivity contribution is -0.138. The van der Waals surface area contributed by atoms with Crippen molar-refractivity contribution in [2.24, 2.45) is 5.92 Å². The van der Waals surface area contributed by atoms with Crippen LogP contribution in [0.25, 0.3) is 0 Å². The molecule has 0 spiro atoms. The molecule has 2 saturated heterocycles. The summed E-state index contributed by atoms with van der Waals surface area (Å²) in [6.45, 7) is 7.54. The number of pyridine rings is 1. The van der Waals surface area contributed by atoms with Gasteiger partial charge in [0.15, 0.2) is 0 Å². The molecule has 4 rings (SSSR count). The molecule has 0 N–H and O–H groups in total. The molecule has 0 aliphatic carbocycles. The fourth-order valence-electron chi connectivity index (χ4n) is 4.60. The Bertz CT molecular complexity index is 766. The first-order chi connectivity index (χ1) is 14.2. The number of anilines is 1. The van der Waals surface area contributed by atoms with Gasteiger partial charge in [-0.15, -0.1) is 0 Å². The van der Waals surface area contributed by atoms with Crippen molar-refractivity contribution in [2.75, 3.05) is 44.2 Å². The first kappa shape index (κ1) is 19.9. The summed E-state index contributed by atoms with van der Waals surface area (Å²) in [6, 6.07) is 16.7. The van der Waals surface area contributed by atoms with E-state index in [2.05, 4.69) is 63.0 Å². The van der Waals surface area contributed by atoms with Gasteiger partial charge in [-0.05, 0) is 49.8 Å². The standard InChI is InChI=1S/C24H32N4O/c1-20(26-15-17-27(18-16-26)23-9-5-6-12-25-23)24(29)28-13-10-22(11-14-28)19-21-7-3-2-4-8-21/h2-9,12,20,22H,10-11,13-19H2,1H3. The highest BCUT2D eigenvalue weighted by Crippen LogP contribution is 2.23. The van der Waals surface area contributed by atoms with Crippen LogP contribution in [0.1, 0.15) is 25.3 Å². The highest BCUT2D eigenvalue weighted by molar-refractivity contribution is 5.81. The molecule has 1 amide bonds. The van der Waals surface area contributed by atoms with Crippen LogP contribution in [-0.2, 0) is 11.2 Å². The van der Waals surface area contributed by atoms with E-state index in [0.29, 0.717) is 11.8 Å². The summed E-state index contributed by atoms with van der Waals surface area (Å²) in [5.74, 6) is 2.03. The van der Waals surface area contributed by atoms with E-state index in [1.807, 2.05) is 18.3 Å². The fraction of sp³-hybridized carbons (Fsp3) is 0.500. The molecule has 5 heteroatoms. The molecule has 2 aromatic rings. The van der Waals surface area contributed by atoms with Crippen molar-refractivity contribution in [2.45, 2.75) is 32.2 Å².